The van der Waals surface area contributed by atoms with E-state index in [1.807, 2.05) is 6.21 Å². The van der Waals surface area contributed by atoms with E-state index < -0.39 is 0 Å². The Balaban J connectivity index is 0.000000171. The third kappa shape index (κ3) is 10.0. The van der Waals surface area contributed by atoms with Crippen molar-refractivity contribution in [2.75, 3.05) is 51.0 Å². The predicted molar refractivity (Wildman–Crippen MR) is 115 cm³/mol. The standard InChI is InChI=1S/C8H9Cl2N3O.C4HCl3N2.C4H7NO/c9-6-5-7(12-8(10)11-6)13-1-3-14-4-2-13;5-2-1-3(6)9-4(7)8-2;1-3-6-4-2-5-1/h5H,1-4H2;1H;1H,2-4H2/p+1. The van der Waals surface area contributed by atoms with Crippen LogP contribution in [0.25, 0.3) is 0 Å². The summed E-state index contributed by atoms with van der Waals surface area (Å²) in [5, 5.41) is 1.11. The molecule has 2 aromatic rings. The van der Waals surface area contributed by atoms with E-state index in [9.17, 15) is 0 Å². The molecule has 4 rings (SSSR count). The molecule has 0 radical (unpaired) electrons. The molecule has 0 saturated carbocycles. The fourth-order valence-corrected chi connectivity index (χ4v) is 3.22. The second-order valence-electron chi connectivity index (χ2n) is 5.43. The van der Waals surface area contributed by atoms with Gasteiger partial charge >= 0.3 is 0 Å². The van der Waals surface area contributed by atoms with Crippen LogP contribution in [-0.2, 0) is 9.47 Å². The number of ether oxygens (including phenoxy) is 2. The van der Waals surface area contributed by atoms with Gasteiger partial charge in [0.25, 0.3) is 0 Å². The largest absolute Gasteiger partial charge is 0.378 e. The predicted octanol–water partition coefficient (Wildman–Crippen LogP) is 2.22. The van der Waals surface area contributed by atoms with Crippen LogP contribution in [0.4, 0.5) is 5.82 Å². The molecule has 1 N–H and O–H groups in total. The van der Waals surface area contributed by atoms with Crippen molar-refractivity contribution in [3.05, 3.63) is 38.2 Å². The van der Waals surface area contributed by atoms with Crippen LogP contribution in [0.3, 0.4) is 0 Å². The highest BCUT2D eigenvalue weighted by molar-refractivity contribution is 6.35. The average Bonchev–Trinajstić information content (AvgIpc) is 2.69. The monoisotopic (exact) mass is 501 g/mol. The first-order valence-corrected chi connectivity index (χ1v) is 10.3. The van der Waals surface area contributed by atoms with Gasteiger partial charge < -0.3 is 14.4 Å². The van der Waals surface area contributed by atoms with Gasteiger partial charge in [-0.1, -0.05) is 34.8 Å². The Labute approximate surface area is 193 Å². The summed E-state index contributed by atoms with van der Waals surface area (Å²) in [4.78, 5) is 20.1. The van der Waals surface area contributed by atoms with Crippen molar-refractivity contribution >= 4 is 70.0 Å². The van der Waals surface area contributed by atoms with E-state index in [-0.39, 0.29) is 20.9 Å². The Morgan fingerprint density at radius 1 is 0.759 bits per heavy atom. The summed E-state index contributed by atoms with van der Waals surface area (Å²) in [5.74, 6) is 0.762. The Kier molecular flexibility index (Phi) is 11.2. The van der Waals surface area contributed by atoms with Crippen molar-refractivity contribution in [1.29, 1.82) is 0 Å². The zero-order valence-electron chi connectivity index (χ0n) is 15.1. The van der Waals surface area contributed by atoms with Gasteiger partial charge in [0.05, 0.1) is 13.2 Å². The van der Waals surface area contributed by atoms with E-state index in [0.29, 0.717) is 18.4 Å². The summed E-state index contributed by atoms with van der Waals surface area (Å²) < 4.78 is 10.2. The lowest BCUT2D eigenvalue weighted by molar-refractivity contribution is -0.466. The molecule has 0 aromatic carbocycles. The topological polar surface area (TPSA) is 87.2 Å². The molecule has 0 spiro atoms. The quantitative estimate of drug-likeness (QED) is 0.472. The maximum absolute atomic E-state index is 5.78. The van der Waals surface area contributed by atoms with Crippen molar-refractivity contribution in [2.24, 2.45) is 0 Å². The third-order valence-corrected chi connectivity index (χ3v) is 4.28. The number of rotatable bonds is 1. The Morgan fingerprint density at radius 3 is 1.76 bits per heavy atom. The number of hydrogen-bond donors (Lipinski definition) is 1. The van der Waals surface area contributed by atoms with Gasteiger partial charge in [0, 0.05) is 25.2 Å². The van der Waals surface area contributed by atoms with Gasteiger partial charge in [0.15, 0.2) is 12.8 Å². The highest BCUT2D eigenvalue weighted by Gasteiger charge is 2.13. The smallest absolute Gasteiger partial charge is 0.225 e. The summed E-state index contributed by atoms with van der Waals surface area (Å²) in [6.45, 7) is 5.63. The zero-order chi connectivity index (χ0) is 21.1. The van der Waals surface area contributed by atoms with E-state index >= 15 is 0 Å². The molecule has 0 amide bonds. The molecular weight excluding hydrogens is 485 g/mol. The molecule has 0 aliphatic carbocycles. The number of hydrogen-bond acceptors (Lipinski definition) is 7. The van der Waals surface area contributed by atoms with Gasteiger partial charge in [-0.15, -0.1) is 0 Å². The van der Waals surface area contributed by atoms with Gasteiger partial charge in [-0.2, -0.15) is 0 Å². The van der Waals surface area contributed by atoms with Gasteiger partial charge in [0.2, 0.25) is 10.6 Å². The van der Waals surface area contributed by atoms with Crippen LogP contribution in [0.1, 0.15) is 0 Å². The molecule has 1 fully saturated rings. The summed E-state index contributed by atoms with van der Waals surface area (Å²) >= 11 is 27.7. The summed E-state index contributed by atoms with van der Waals surface area (Å²) in [5.41, 5.74) is 0. The second-order valence-corrected chi connectivity index (χ2v) is 7.27. The maximum atomic E-state index is 5.78. The lowest BCUT2D eigenvalue weighted by Crippen LogP contribution is -2.72. The third-order valence-electron chi connectivity index (χ3n) is 3.36. The van der Waals surface area contributed by atoms with Crippen molar-refractivity contribution in [3.63, 3.8) is 0 Å². The Bertz CT molecular complexity index is 729. The summed E-state index contributed by atoms with van der Waals surface area (Å²) in [7, 11) is 0. The Hall–Kier alpha value is -1.000. The molecular formula is C16H18Cl5N6O2+. The SMILES string of the molecule is C1=[NH+]CCOC1.Clc1cc(Cl)nc(Cl)n1.Clc1cc(N2CCOCC2)nc(Cl)n1. The number of nitrogens with zero attached hydrogens (tertiary/aromatic N) is 5. The lowest BCUT2D eigenvalue weighted by Gasteiger charge is -2.27. The van der Waals surface area contributed by atoms with Gasteiger partial charge in [-0.05, 0) is 23.2 Å². The molecule has 0 atom stereocenters. The molecule has 2 aromatic heterocycles. The number of nitrogens with one attached hydrogen (secondary N) is 1. The van der Waals surface area contributed by atoms with Crippen LogP contribution in [0.15, 0.2) is 12.1 Å². The highest BCUT2D eigenvalue weighted by Crippen LogP contribution is 2.19. The van der Waals surface area contributed by atoms with Crippen LogP contribution in [-0.4, -0.2) is 72.2 Å². The average molecular weight is 504 g/mol. The van der Waals surface area contributed by atoms with Gasteiger partial charge in [-0.3, -0.25) is 0 Å². The molecule has 1 saturated heterocycles. The first-order chi connectivity index (χ1) is 13.9. The molecule has 0 unspecified atom stereocenters. The molecule has 158 valence electrons. The second kappa shape index (κ2) is 13.3. The van der Waals surface area contributed by atoms with Crippen molar-refractivity contribution in [3.8, 4) is 0 Å². The number of morpholine rings is 1. The van der Waals surface area contributed by atoms with E-state index in [1.54, 1.807) is 6.07 Å². The highest BCUT2D eigenvalue weighted by atomic mass is 35.5. The fourth-order valence-electron chi connectivity index (χ4n) is 2.13. The molecule has 0 bridgehead atoms. The first kappa shape index (κ1) is 24.3. The molecule has 29 heavy (non-hydrogen) atoms. The molecule has 13 heteroatoms. The molecule has 4 heterocycles. The molecule has 2 aliphatic rings. The van der Waals surface area contributed by atoms with Crippen molar-refractivity contribution < 1.29 is 14.5 Å². The van der Waals surface area contributed by atoms with E-state index in [4.69, 9.17) is 67.5 Å². The van der Waals surface area contributed by atoms with Crippen molar-refractivity contribution in [2.45, 2.75) is 0 Å². The van der Waals surface area contributed by atoms with E-state index in [0.717, 1.165) is 38.7 Å². The van der Waals surface area contributed by atoms with Crippen LogP contribution >= 0.6 is 58.0 Å². The maximum Gasteiger partial charge on any atom is 0.225 e. The van der Waals surface area contributed by atoms with Crippen LogP contribution in [0.5, 0.6) is 0 Å². The zero-order valence-corrected chi connectivity index (χ0v) is 18.9. The van der Waals surface area contributed by atoms with Crippen LogP contribution in [0, 0.1) is 0 Å². The van der Waals surface area contributed by atoms with Crippen LogP contribution in [0.2, 0.25) is 26.0 Å². The fraction of sp³-hybridized carbons (Fsp3) is 0.438. The van der Waals surface area contributed by atoms with Crippen LogP contribution < -0.4 is 9.89 Å². The Morgan fingerprint density at radius 2 is 1.34 bits per heavy atom. The van der Waals surface area contributed by atoms with E-state index in [2.05, 4.69) is 29.8 Å². The lowest BCUT2D eigenvalue weighted by atomic mass is 10.4. The number of anilines is 1. The van der Waals surface area contributed by atoms with Gasteiger partial charge in [0.1, 0.15) is 34.5 Å². The molecule has 2 aliphatic heterocycles. The molecule has 8 nitrogen and oxygen atoms in total. The normalized spacial score (nSPS) is 15.7. The first-order valence-electron chi connectivity index (χ1n) is 8.45. The van der Waals surface area contributed by atoms with Crippen molar-refractivity contribution in [1.82, 2.24) is 19.9 Å². The summed E-state index contributed by atoms with van der Waals surface area (Å²) in [6.07, 6.45) is 1.92. The van der Waals surface area contributed by atoms with E-state index in [1.165, 1.54) is 6.07 Å². The minimum absolute atomic E-state index is 0.0625. The summed E-state index contributed by atoms with van der Waals surface area (Å²) in [6, 6.07) is 3.12. The van der Waals surface area contributed by atoms with Gasteiger partial charge in [-0.25, -0.2) is 24.9 Å². The minimum atomic E-state index is 0.0625. The minimum Gasteiger partial charge on any atom is -0.378 e. The number of aromatic nitrogens is 4. The number of halogens is 5.